The number of hydrogen-bond donors (Lipinski definition) is 0. The first-order valence-electron chi connectivity index (χ1n) is 9.95. The molecule has 2 aromatic carbocycles. The molecule has 0 spiro atoms. The summed E-state index contributed by atoms with van der Waals surface area (Å²) in [6.07, 6.45) is 0.968. The van der Waals surface area contributed by atoms with Gasteiger partial charge in [0.2, 0.25) is 0 Å². The summed E-state index contributed by atoms with van der Waals surface area (Å²) in [7, 11) is -1.80. The Morgan fingerprint density at radius 2 is 1.21 bits per heavy atom. The van der Waals surface area contributed by atoms with Crippen LogP contribution in [-0.2, 0) is 22.1 Å². The van der Waals surface area contributed by atoms with Gasteiger partial charge in [0.15, 0.2) is 0 Å². The Bertz CT molecular complexity index is 688. The van der Waals surface area contributed by atoms with Gasteiger partial charge in [-0.3, -0.25) is 0 Å². The van der Waals surface area contributed by atoms with Crippen LogP contribution in [0, 0.1) is 0 Å². The van der Waals surface area contributed by atoms with Crippen molar-refractivity contribution in [3.8, 4) is 0 Å². The molecule has 7 heteroatoms. The lowest BCUT2D eigenvalue weighted by atomic mass is 10.3. The molecule has 0 aliphatic carbocycles. The Labute approximate surface area is 177 Å². The molecular formula is C22H34O5Si2. The van der Waals surface area contributed by atoms with Crippen molar-refractivity contribution in [2.75, 3.05) is 21.3 Å². The van der Waals surface area contributed by atoms with Gasteiger partial charge in [-0.15, -0.1) is 0 Å². The predicted octanol–water partition coefficient (Wildman–Crippen LogP) is 3.27. The highest BCUT2D eigenvalue weighted by atomic mass is 28.5. The smallest absolute Gasteiger partial charge is 0.382 e. The van der Waals surface area contributed by atoms with Crippen molar-refractivity contribution in [1.82, 2.24) is 0 Å². The fourth-order valence-corrected chi connectivity index (χ4v) is 12.0. The zero-order chi connectivity index (χ0) is 21.5. The van der Waals surface area contributed by atoms with Crippen LogP contribution in [0.15, 0.2) is 60.7 Å². The molecule has 0 aliphatic rings. The monoisotopic (exact) mass is 434 g/mol. The Morgan fingerprint density at radius 3 is 1.55 bits per heavy atom. The molecule has 0 amide bonds. The van der Waals surface area contributed by atoms with Gasteiger partial charge in [0, 0.05) is 21.3 Å². The van der Waals surface area contributed by atoms with Gasteiger partial charge in [0.05, 0.1) is 11.3 Å². The van der Waals surface area contributed by atoms with Gasteiger partial charge in [0.1, 0.15) is 0 Å². The predicted molar refractivity (Wildman–Crippen MR) is 121 cm³/mol. The van der Waals surface area contributed by atoms with E-state index in [9.17, 15) is 0 Å². The van der Waals surface area contributed by atoms with Crippen molar-refractivity contribution in [3.63, 3.8) is 0 Å². The average Bonchev–Trinajstić information content (AvgIpc) is 2.76. The molecule has 160 valence electrons. The summed E-state index contributed by atoms with van der Waals surface area (Å²) in [6.45, 7) is 8.41. The van der Waals surface area contributed by atoms with Gasteiger partial charge >= 0.3 is 9.05 Å². The standard InChI is InChI=1S/C22H34O5Si2/c1-8-19(2)26-22(3,4)28(20-15-11-9-12-16-20,21-17-13-10-14-18-21)27-29(23-5,24-6)25-7/h9-19H,8H2,1-7H3. The summed E-state index contributed by atoms with van der Waals surface area (Å²) in [5.74, 6) is 0. The first-order chi connectivity index (χ1) is 13.8. The zero-order valence-corrected chi connectivity index (χ0v) is 20.6. The van der Waals surface area contributed by atoms with E-state index in [0.29, 0.717) is 0 Å². The van der Waals surface area contributed by atoms with Crippen molar-refractivity contribution in [2.24, 2.45) is 0 Å². The lowest BCUT2D eigenvalue weighted by Crippen LogP contribution is -2.78. The minimum atomic E-state index is -3.41. The Kier molecular flexibility index (Phi) is 8.36. The molecule has 0 N–H and O–H groups in total. The van der Waals surface area contributed by atoms with E-state index in [-0.39, 0.29) is 6.10 Å². The van der Waals surface area contributed by atoms with E-state index in [1.807, 2.05) is 36.4 Å². The van der Waals surface area contributed by atoms with E-state index in [4.69, 9.17) is 22.1 Å². The first kappa shape index (κ1) is 23.9. The molecule has 1 atom stereocenters. The molecule has 0 fully saturated rings. The topological polar surface area (TPSA) is 46.2 Å². The molecule has 0 aromatic heterocycles. The Morgan fingerprint density at radius 1 is 0.793 bits per heavy atom. The second kappa shape index (κ2) is 10.1. The van der Waals surface area contributed by atoms with Crippen LogP contribution < -0.4 is 10.4 Å². The largest absolute Gasteiger partial charge is 0.668 e. The molecule has 0 saturated heterocycles. The second-order valence-corrected chi connectivity index (χ2v) is 14.2. The zero-order valence-electron chi connectivity index (χ0n) is 18.6. The summed E-state index contributed by atoms with van der Waals surface area (Å²) in [5, 5.41) is 1.50. The summed E-state index contributed by atoms with van der Waals surface area (Å²) in [4.78, 5) is 0. The molecule has 2 rings (SSSR count). The van der Waals surface area contributed by atoms with Crippen LogP contribution in [-0.4, -0.2) is 50.0 Å². The first-order valence-corrected chi connectivity index (χ1v) is 13.5. The van der Waals surface area contributed by atoms with E-state index < -0.39 is 22.6 Å². The molecule has 0 heterocycles. The van der Waals surface area contributed by atoms with Crippen molar-refractivity contribution >= 4 is 27.7 Å². The molecule has 5 nitrogen and oxygen atoms in total. The maximum absolute atomic E-state index is 6.94. The third-order valence-corrected chi connectivity index (χ3v) is 13.1. The molecule has 29 heavy (non-hydrogen) atoms. The van der Waals surface area contributed by atoms with Crippen LogP contribution in [0.1, 0.15) is 34.1 Å². The fourth-order valence-electron chi connectivity index (χ4n) is 3.68. The molecule has 0 radical (unpaired) electrons. The minimum absolute atomic E-state index is 0.0663. The number of hydrogen-bond acceptors (Lipinski definition) is 5. The van der Waals surface area contributed by atoms with Crippen LogP contribution in [0.3, 0.4) is 0 Å². The molecule has 0 bridgehead atoms. The maximum Gasteiger partial charge on any atom is 0.668 e. The molecule has 0 saturated carbocycles. The maximum atomic E-state index is 6.94. The van der Waals surface area contributed by atoms with Gasteiger partial charge in [-0.2, -0.15) is 0 Å². The average molecular weight is 435 g/mol. The van der Waals surface area contributed by atoms with Crippen LogP contribution >= 0.6 is 0 Å². The highest BCUT2D eigenvalue weighted by Gasteiger charge is 2.61. The van der Waals surface area contributed by atoms with E-state index in [0.717, 1.165) is 16.8 Å². The normalized spacial score (nSPS) is 14.0. The van der Waals surface area contributed by atoms with Crippen molar-refractivity contribution in [2.45, 2.75) is 45.4 Å². The van der Waals surface area contributed by atoms with Gasteiger partial charge in [-0.25, -0.2) is 0 Å². The quantitative estimate of drug-likeness (QED) is 0.508. The summed E-state index contributed by atoms with van der Waals surface area (Å²) in [5.41, 5.74) is 0. The second-order valence-electron chi connectivity index (χ2n) is 7.47. The van der Waals surface area contributed by atoms with Crippen LogP contribution in [0.4, 0.5) is 0 Å². The highest BCUT2D eigenvalue weighted by molar-refractivity contribution is 7.02. The molecule has 1 unspecified atom stereocenters. The van der Waals surface area contributed by atoms with E-state index in [1.165, 1.54) is 0 Å². The van der Waals surface area contributed by atoms with Crippen LogP contribution in [0.5, 0.6) is 0 Å². The van der Waals surface area contributed by atoms with Crippen molar-refractivity contribution in [1.29, 1.82) is 0 Å². The summed E-state index contributed by atoms with van der Waals surface area (Å²) in [6, 6.07) is 20.5. The minimum Gasteiger partial charge on any atom is -0.382 e. The highest BCUT2D eigenvalue weighted by Crippen LogP contribution is 2.31. The SMILES string of the molecule is CCC(C)OC(C)(C)[Si](O[Si](OC)(OC)OC)(c1ccccc1)c1ccccc1. The van der Waals surface area contributed by atoms with Crippen molar-refractivity contribution < 1.29 is 22.1 Å². The molecule has 0 aliphatic heterocycles. The Balaban J connectivity index is 2.82. The summed E-state index contributed by atoms with van der Waals surface area (Å²) < 4.78 is 30.7. The van der Waals surface area contributed by atoms with Crippen molar-refractivity contribution in [3.05, 3.63) is 60.7 Å². The Hall–Kier alpha value is -1.33. The van der Waals surface area contributed by atoms with Gasteiger partial charge in [0.25, 0.3) is 8.32 Å². The third-order valence-electron chi connectivity index (χ3n) is 5.31. The number of ether oxygens (including phenoxy) is 1. The van der Waals surface area contributed by atoms with Gasteiger partial charge < -0.3 is 22.1 Å². The third kappa shape index (κ3) is 4.88. The van der Waals surface area contributed by atoms with Gasteiger partial charge in [-0.1, -0.05) is 67.6 Å². The molecule has 2 aromatic rings. The lowest BCUT2D eigenvalue weighted by Gasteiger charge is -2.48. The van der Waals surface area contributed by atoms with E-state index >= 15 is 0 Å². The van der Waals surface area contributed by atoms with Crippen LogP contribution in [0.25, 0.3) is 0 Å². The van der Waals surface area contributed by atoms with Crippen LogP contribution in [0.2, 0.25) is 0 Å². The van der Waals surface area contributed by atoms with E-state index in [2.05, 4.69) is 52.0 Å². The number of benzene rings is 2. The van der Waals surface area contributed by atoms with Gasteiger partial charge in [-0.05, 0) is 37.6 Å². The summed E-state index contributed by atoms with van der Waals surface area (Å²) >= 11 is 0. The molecular weight excluding hydrogens is 400 g/mol. The lowest BCUT2D eigenvalue weighted by molar-refractivity contribution is -0.0319. The van der Waals surface area contributed by atoms with E-state index in [1.54, 1.807) is 21.3 Å². The number of rotatable bonds is 11. The fraction of sp³-hybridized carbons (Fsp3) is 0.455.